The Morgan fingerprint density at radius 2 is 2.10 bits per heavy atom. The van der Waals surface area contributed by atoms with E-state index in [0.717, 1.165) is 11.8 Å². The minimum absolute atomic E-state index is 0.143. The van der Waals surface area contributed by atoms with Crippen molar-refractivity contribution in [2.45, 2.75) is 6.54 Å². The van der Waals surface area contributed by atoms with Crippen molar-refractivity contribution >= 4 is 23.2 Å². The van der Waals surface area contributed by atoms with Crippen LogP contribution in [0.25, 0.3) is 0 Å². The van der Waals surface area contributed by atoms with Gasteiger partial charge in [0.1, 0.15) is 11.6 Å². The van der Waals surface area contributed by atoms with Gasteiger partial charge in [-0.15, -0.1) is 0 Å². The Kier molecular flexibility index (Phi) is 4.65. The third-order valence-electron chi connectivity index (χ3n) is 2.97. The van der Waals surface area contributed by atoms with Gasteiger partial charge in [0.05, 0.1) is 12.1 Å². The average Bonchev–Trinajstić information content (AvgIpc) is 2.47. The zero-order valence-electron chi connectivity index (χ0n) is 11.3. The van der Waals surface area contributed by atoms with Crippen molar-refractivity contribution in [1.82, 2.24) is 0 Å². The molecule has 0 unspecified atom stereocenters. The van der Waals surface area contributed by atoms with Crippen molar-refractivity contribution in [3.05, 3.63) is 58.4 Å². The highest BCUT2D eigenvalue weighted by Gasteiger charge is 2.07. The minimum Gasteiger partial charge on any atom is -0.495 e. The molecule has 0 heterocycles. The van der Waals surface area contributed by atoms with Crippen molar-refractivity contribution in [3.8, 4) is 5.75 Å². The quantitative estimate of drug-likeness (QED) is 0.891. The lowest BCUT2D eigenvalue weighted by atomic mass is 10.1. The molecule has 1 amide bonds. The van der Waals surface area contributed by atoms with Crippen LogP contribution in [0.5, 0.6) is 5.75 Å². The molecule has 110 valence electrons. The second-order valence-corrected chi connectivity index (χ2v) is 4.78. The van der Waals surface area contributed by atoms with Crippen LogP contribution in [0.2, 0.25) is 5.02 Å². The summed E-state index contributed by atoms with van der Waals surface area (Å²) in [6.07, 6.45) is 0. The van der Waals surface area contributed by atoms with E-state index in [1.807, 2.05) is 0 Å². The van der Waals surface area contributed by atoms with Crippen LogP contribution in [-0.4, -0.2) is 13.0 Å². The lowest BCUT2D eigenvalue weighted by molar-refractivity contribution is 0.1000. The van der Waals surface area contributed by atoms with Crippen LogP contribution in [0.4, 0.5) is 10.1 Å². The van der Waals surface area contributed by atoms with E-state index in [2.05, 4.69) is 5.32 Å². The Hall–Kier alpha value is -2.27. The van der Waals surface area contributed by atoms with Gasteiger partial charge < -0.3 is 15.8 Å². The number of nitrogens with one attached hydrogen (secondary N) is 1. The summed E-state index contributed by atoms with van der Waals surface area (Å²) in [5.41, 5.74) is 6.41. The molecule has 0 aliphatic heterocycles. The number of anilines is 1. The Morgan fingerprint density at radius 3 is 2.71 bits per heavy atom. The van der Waals surface area contributed by atoms with Crippen LogP contribution in [-0.2, 0) is 6.54 Å². The highest BCUT2D eigenvalue weighted by Crippen LogP contribution is 2.27. The molecule has 0 saturated carbocycles. The third-order valence-corrected chi connectivity index (χ3v) is 3.28. The molecule has 4 nitrogen and oxygen atoms in total. The summed E-state index contributed by atoms with van der Waals surface area (Å²) in [6.45, 7) is 0.260. The number of rotatable bonds is 5. The molecular formula is C15H14ClFN2O2. The summed E-state index contributed by atoms with van der Waals surface area (Å²) in [4.78, 5) is 11.0. The van der Waals surface area contributed by atoms with E-state index in [4.69, 9.17) is 22.1 Å². The maximum atomic E-state index is 13.8. The SMILES string of the molecule is COc1cc(NCc2ccc(C(N)=O)cc2F)ccc1Cl. The molecule has 0 bridgehead atoms. The smallest absolute Gasteiger partial charge is 0.248 e. The van der Waals surface area contributed by atoms with Gasteiger partial charge in [0.15, 0.2) is 0 Å². The van der Waals surface area contributed by atoms with Crippen LogP contribution in [0.1, 0.15) is 15.9 Å². The van der Waals surface area contributed by atoms with Crippen molar-refractivity contribution in [2.24, 2.45) is 5.73 Å². The molecular weight excluding hydrogens is 295 g/mol. The molecule has 2 aromatic rings. The number of nitrogens with two attached hydrogens (primary N) is 1. The summed E-state index contributed by atoms with van der Waals surface area (Å²) in [5.74, 6) is -0.609. The number of carbonyl (C=O) groups excluding carboxylic acids is 1. The fourth-order valence-electron chi connectivity index (χ4n) is 1.81. The summed E-state index contributed by atoms with van der Waals surface area (Å²) in [7, 11) is 1.52. The van der Waals surface area contributed by atoms with Crippen molar-refractivity contribution in [1.29, 1.82) is 0 Å². The molecule has 0 aromatic heterocycles. The largest absolute Gasteiger partial charge is 0.495 e. The number of halogens is 2. The fourth-order valence-corrected chi connectivity index (χ4v) is 2.01. The molecule has 0 aliphatic rings. The van der Waals surface area contributed by atoms with Crippen molar-refractivity contribution < 1.29 is 13.9 Å². The molecule has 0 spiro atoms. The summed E-state index contributed by atoms with van der Waals surface area (Å²) in [6, 6.07) is 9.32. The van der Waals surface area contributed by atoms with Crippen LogP contribution in [0, 0.1) is 5.82 Å². The normalized spacial score (nSPS) is 10.2. The first-order valence-corrected chi connectivity index (χ1v) is 6.54. The van der Waals surface area contributed by atoms with Gasteiger partial charge in [-0.2, -0.15) is 0 Å². The summed E-state index contributed by atoms with van der Waals surface area (Å²) >= 11 is 5.93. The van der Waals surface area contributed by atoms with Crippen molar-refractivity contribution in [3.63, 3.8) is 0 Å². The number of primary amides is 1. The van der Waals surface area contributed by atoms with Crippen LogP contribution < -0.4 is 15.8 Å². The lowest BCUT2D eigenvalue weighted by Crippen LogP contribution is -2.12. The van der Waals surface area contributed by atoms with E-state index in [9.17, 15) is 9.18 Å². The predicted octanol–water partition coefficient (Wildman–Crippen LogP) is 3.20. The Labute approximate surface area is 126 Å². The number of benzene rings is 2. The number of amides is 1. The number of ether oxygens (including phenoxy) is 1. The number of hydrogen-bond acceptors (Lipinski definition) is 3. The number of hydrogen-bond donors (Lipinski definition) is 2. The summed E-state index contributed by atoms with van der Waals surface area (Å²) in [5, 5.41) is 3.56. The van der Waals surface area contributed by atoms with E-state index in [1.54, 1.807) is 18.2 Å². The topological polar surface area (TPSA) is 64.3 Å². The maximum absolute atomic E-state index is 13.8. The maximum Gasteiger partial charge on any atom is 0.248 e. The van der Waals surface area contributed by atoms with Gasteiger partial charge in [-0.25, -0.2) is 4.39 Å². The first-order valence-electron chi connectivity index (χ1n) is 6.17. The van der Waals surface area contributed by atoms with Crippen LogP contribution in [0.3, 0.4) is 0 Å². The van der Waals surface area contributed by atoms with Gasteiger partial charge in [0.25, 0.3) is 0 Å². The molecule has 0 aliphatic carbocycles. The van der Waals surface area contributed by atoms with Gasteiger partial charge in [0, 0.05) is 29.4 Å². The average molecular weight is 309 g/mol. The molecule has 2 rings (SSSR count). The van der Waals surface area contributed by atoms with E-state index >= 15 is 0 Å². The van der Waals surface area contributed by atoms with Crippen LogP contribution >= 0.6 is 11.6 Å². The zero-order chi connectivity index (χ0) is 15.4. The first kappa shape index (κ1) is 15.1. The zero-order valence-corrected chi connectivity index (χ0v) is 12.1. The number of methoxy groups -OCH3 is 1. The lowest BCUT2D eigenvalue weighted by Gasteiger charge is -2.10. The fraction of sp³-hybridized carbons (Fsp3) is 0.133. The molecule has 2 aromatic carbocycles. The second kappa shape index (κ2) is 6.45. The molecule has 6 heteroatoms. The van der Waals surface area contributed by atoms with Gasteiger partial charge in [-0.3, -0.25) is 4.79 Å². The molecule has 0 saturated heterocycles. The molecule has 0 radical (unpaired) electrons. The van der Waals surface area contributed by atoms with Gasteiger partial charge in [0.2, 0.25) is 5.91 Å². The Bertz CT molecular complexity index is 677. The van der Waals surface area contributed by atoms with Crippen LogP contribution in [0.15, 0.2) is 36.4 Å². The predicted molar refractivity (Wildman–Crippen MR) is 80.2 cm³/mol. The standard InChI is InChI=1S/C15H14ClFN2O2/c1-21-14-7-11(4-5-12(14)16)19-8-10-3-2-9(15(18)20)6-13(10)17/h2-7,19H,8H2,1H3,(H2,18,20). The Morgan fingerprint density at radius 1 is 1.33 bits per heavy atom. The van der Waals surface area contributed by atoms with E-state index in [1.165, 1.54) is 19.2 Å². The molecule has 3 N–H and O–H groups in total. The van der Waals surface area contributed by atoms with E-state index < -0.39 is 11.7 Å². The third kappa shape index (κ3) is 3.64. The number of carbonyl (C=O) groups is 1. The van der Waals surface area contributed by atoms with Gasteiger partial charge in [-0.1, -0.05) is 17.7 Å². The molecule has 21 heavy (non-hydrogen) atoms. The van der Waals surface area contributed by atoms with Gasteiger partial charge in [-0.05, 0) is 24.3 Å². The highest BCUT2D eigenvalue weighted by molar-refractivity contribution is 6.32. The minimum atomic E-state index is -0.657. The van der Waals surface area contributed by atoms with E-state index in [0.29, 0.717) is 16.3 Å². The molecule has 0 fully saturated rings. The Balaban J connectivity index is 2.11. The second-order valence-electron chi connectivity index (χ2n) is 4.37. The monoisotopic (exact) mass is 308 g/mol. The molecule has 0 atom stereocenters. The first-order chi connectivity index (χ1) is 10.0. The highest BCUT2D eigenvalue weighted by atomic mass is 35.5. The van der Waals surface area contributed by atoms with Gasteiger partial charge >= 0.3 is 0 Å². The van der Waals surface area contributed by atoms with Crippen molar-refractivity contribution in [2.75, 3.05) is 12.4 Å². The summed E-state index contributed by atoms with van der Waals surface area (Å²) < 4.78 is 18.9. The van der Waals surface area contributed by atoms with E-state index in [-0.39, 0.29) is 12.1 Å².